The van der Waals surface area contributed by atoms with Crippen LogP contribution >= 0.6 is 11.6 Å². The van der Waals surface area contributed by atoms with E-state index in [1.165, 1.54) is 0 Å². The number of halogens is 1. The molecule has 0 radical (unpaired) electrons. The molecule has 0 saturated heterocycles. The van der Waals surface area contributed by atoms with E-state index in [1.54, 1.807) is 24.1 Å². The van der Waals surface area contributed by atoms with Crippen LogP contribution in [0.1, 0.15) is 30.8 Å². The fourth-order valence-corrected chi connectivity index (χ4v) is 1.45. The average molecular weight is 256 g/mol. The van der Waals surface area contributed by atoms with Crippen LogP contribution in [0.5, 0.6) is 0 Å². The van der Waals surface area contributed by atoms with Crippen molar-refractivity contribution >= 4 is 23.3 Å². The predicted molar refractivity (Wildman–Crippen MR) is 70.7 cm³/mol. The number of hydrogen-bond donors (Lipinski definition) is 1. The molecule has 0 bridgehead atoms. The fraction of sp³-hybridized carbons (Fsp3) is 0.500. The van der Waals surface area contributed by atoms with Crippen LogP contribution in [0, 0.1) is 0 Å². The van der Waals surface area contributed by atoms with Crippen molar-refractivity contribution in [1.82, 2.24) is 9.88 Å². The van der Waals surface area contributed by atoms with Crippen molar-refractivity contribution in [3.8, 4) is 0 Å². The van der Waals surface area contributed by atoms with Crippen molar-refractivity contribution in [3.05, 3.63) is 22.8 Å². The lowest BCUT2D eigenvalue weighted by Crippen LogP contribution is -2.27. The van der Waals surface area contributed by atoms with Gasteiger partial charge in [0.1, 0.15) is 11.5 Å². The second-order valence-corrected chi connectivity index (χ2v) is 4.18. The minimum absolute atomic E-state index is 0.155. The third-order valence-corrected chi connectivity index (χ3v) is 2.73. The van der Waals surface area contributed by atoms with E-state index in [0.717, 1.165) is 13.0 Å². The normalized spacial score (nSPS) is 10.1. The second-order valence-electron chi connectivity index (χ2n) is 3.77. The quantitative estimate of drug-likeness (QED) is 0.880. The first-order valence-corrected chi connectivity index (χ1v) is 6.13. The molecule has 0 unspecified atom stereocenters. The van der Waals surface area contributed by atoms with Crippen LogP contribution in [0.4, 0.5) is 5.82 Å². The van der Waals surface area contributed by atoms with Gasteiger partial charge in [0.15, 0.2) is 0 Å². The van der Waals surface area contributed by atoms with E-state index in [4.69, 9.17) is 11.6 Å². The van der Waals surface area contributed by atoms with Crippen LogP contribution in [-0.4, -0.2) is 35.9 Å². The SMILES string of the molecule is CCCNc1ccc(Cl)c(C(=O)N(C)CC)n1. The molecule has 1 aromatic heterocycles. The van der Waals surface area contributed by atoms with E-state index in [9.17, 15) is 4.79 Å². The summed E-state index contributed by atoms with van der Waals surface area (Å²) in [5, 5.41) is 3.52. The van der Waals surface area contributed by atoms with Gasteiger partial charge >= 0.3 is 0 Å². The number of amides is 1. The Labute approximate surface area is 107 Å². The van der Waals surface area contributed by atoms with Crippen molar-refractivity contribution in [2.24, 2.45) is 0 Å². The summed E-state index contributed by atoms with van der Waals surface area (Å²) in [6.07, 6.45) is 1.00. The van der Waals surface area contributed by atoms with Crippen LogP contribution < -0.4 is 5.32 Å². The number of nitrogens with zero attached hydrogens (tertiary/aromatic N) is 2. The van der Waals surface area contributed by atoms with E-state index in [-0.39, 0.29) is 5.91 Å². The third kappa shape index (κ3) is 3.60. The smallest absolute Gasteiger partial charge is 0.273 e. The number of rotatable bonds is 5. The first-order valence-electron chi connectivity index (χ1n) is 5.76. The second kappa shape index (κ2) is 6.45. The van der Waals surface area contributed by atoms with Gasteiger partial charge in [-0.25, -0.2) is 4.98 Å². The molecule has 1 N–H and O–H groups in total. The number of nitrogens with one attached hydrogen (secondary N) is 1. The summed E-state index contributed by atoms with van der Waals surface area (Å²) in [5.74, 6) is 0.529. The molecule has 0 aliphatic heterocycles. The number of pyridine rings is 1. The molecule has 0 spiro atoms. The number of carbonyl (C=O) groups is 1. The Hall–Kier alpha value is -1.29. The standard InChI is InChI=1S/C12H18ClN3O/c1-4-8-14-10-7-6-9(13)11(15-10)12(17)16(3)5-2/h6-7H,4-5,8H2,1-3H3,(H,14,15). The molecule has 0 aromatic carbocycles. The van der Waals surface area contributed by atoms with Gasteiger partial charge in [0.25, 0.3) is 5.91 Å². The molecule has 1 rings (SSSR count). The lowest BCUT2D eigenvalue weighted by atomic mass is 10.3. The highest BCUT2D eigenvalue weighted by molar-refractivity contribution is 6.33. The summed E-state index contributed by atoms with van der Waals surface area (Å²) in [6.45, 7) is 5.43. The molecule has 0 atom stereocenters. The molecular weight excluding hydrogens is 238 g/mol. The van der Waals surface area contributed by atoms with Gasteiger partial charge in [0, 0.05) is 20.1 Å². The molecule has 1 heterocycles. The van der Waals surface area contributed by atoms with E-state index in [2.05, 4.69) is 17.2 Å². The van der Waals surface area contributed by atoms with Crippen LogP contribution in [0.25, 0.3) is 0 Å². The summed E-state index contributed by atoms with van der Waals surface area (Å²) < 4.78 is 0. The van der Waals surface area contributed by atoms with Gasteiger partial charge in [-0.1, -0.05) is 18.5 Å². The Morgan fingerprint density at radius 3 is 2.76 bits per heavy atom. The third-order valence-electron chi connectivity index (χ3n) is 2.43. The minimum Gasteiger partial charge on any atom is -0.370 e. The van der Waals surface area contributed by atoms with E-state index >= 15 is 0 Å². The molecule has 0 aliphatic rings. The van der Waals surface area contributed by atoms with Gasteiger partial charge in [0.2, 0.25) is 0 Å². The molecule has 17 heavy (non-hydrogen) atoms. The first-order chi connectivity index (χ1) is 8.10. The number of anilines is 1. The van der Waals surface area contributed by atoms with Crippen LogP contribution in [0.3, 0.4) is 0 Å². The zero-order valence-electron chi connectivity index (χ0n) is 10.5. The number of carbonyl (C=O) groups excluding carboxylic acids is 1. The summed E-state index contributed by atoms with van der Waals surface area (Å²) >= 11 is 5.99. The Bertz CT molecular complexity index is 395. The predicted octanol–water partition coefficient (Wildman–Crippen LogP) is 2.65. The van der Waals surface area contributed by atoms with Gasteiger partial charge in [-0.2, -0.15) is 0 Å². The Balaban J connectivity index is 2.93. The van der Waals surface area contributed by atoms with Crippen LogP contribution in [0.2, 0.25) is 5.02 Å². The summed E-state index contributed by atoms with van der Waals surface area (Å²) in [7, 11) is 1.73. The summed E-state index contributed by atoms with van der Waals surface area (Å²) in [6, 6.07) is 3.48. The molecular formula is C12H18ClN3O. The minimum atomic E-state index is -0.155. The molecule has 4 nitrogen and oxygen atoms in total. The average Bonchev–Trinajstić information content (AvgIpc) is 2.36. The maximum absolute atomic E-state index is 12.0. The Kier molecular flexibility index (Phi) is 5.22. The largest absolute Gasteiger partial charge is 0.370 e. The van der Waals surface area contributed by atoms with Gasteiger partial charge in [-0.15, -0.1) is 0 Å². The zero-order chi connectivity index (χ0) is 12.8. The van der Waals surface area contributed by atoms with Crippen LogP contribution in [-0.2, 0) is 0 Å². The summed E-state index contributed by atoms with van der Waals surface area (Å²) in [5.41, 5.74) is 0.303. The molecule has 0 fully saturated rings. The highest BCUT2D eigenvalue weighted by atomic mass is 35.5. The molecule has 1 amide bonds. The van der Waals surface area contributed by atoms with Gasteiger partial charge in [0.05, 0.1) is 5.02 Å². The number of hydrogen-bond acceptors (Lipinski definition) is 3. The Morgan fingerprint density at radius 1 is 1.47 bits per heavy atom. The molecule has 5 heteroatoms. The van der Waals surface area contributed by atoms with Crippen molar-refractivity contribution in [2.45, 2.75) is 20.3 Å². The monoisotopic (exact) mass is 255 g/mol. The van der Waals surface area contributed by atoms with Gasteiger partial charge in [-0.3, -0.25) is 4.79 Å². The molecule has 0 aliphatic carbocycles. The highest BCUT2D eigenvalue weighted by Gasteiger charge is 2.16. The van der Waals surface area contributed by atoms with Gasteiger partial charge < -0.3 is 10.2 Å². The molecule has 94 valence electrons. The van der Waals surface area contributed by atoms with E-state index in [0.29, 0.717) is 23.1 Å². The zero-order valence-corrected chi connectivity index (χ0v) is 11.2. The lowest BCUT2D eigenvalue weighted by molar-refractivity contribution is 0.0797. The van der Waals surface area contributed by atoms with E-state index < -0.39 is 0 Å². The lowest BCUT2D eigenvalue weighted by Gasteiger charge is -2.15. The number of aromatic nitrogens is 1. The maximum Gasteiger partial charge on any atom is 0.273 e. The van der Waals surface area contributed by atoms with Crippen molar-refractivity contribution in [2.75, 3.05) is 25.5 Å². The first kappa shape index (κ1) is 13.8. The maximum atomic E-state index is 12.0. The topological polar surface area (TPSA) is 45.2 Å². The summed E-state index contributed by atoms with van der Waals surface area (Å²) in [4.78, 5) is 17.8. The van der Waals surface area contributed by atoms with Crippen molar-refractivity contribution < 1.29 is 4.79 Å². The van der Waals surface area contributed by atoms with Crippen LogP contribution in [0.15, 0.2) is 12.1 Å². The molecule has 0 saturated carbocycles. The highest BCUT2D eigenvalue weighted by Crippen LogP contribution is 2.18. The van der Waals surface area contributed by atoms with Gasteiger partial charge in [-0.05, 0) is 25.5 Å². The molecule has 1 aromatic rings. The Morgan fingerprint density at radius 2 is 2.18 bits per heavy atom. The van der Waals surface area contributed by atoms with Crippen molar-refractivity contribution in [3.63, 3.8) is 0 Å². The fourth-order valence-electron chi connectivity index (χ4n) is 1.27. The van der Waals surface area contributed by atoms with Crippen molar-refractivity contribution in [1.29, 1.82) is 0 Å². The van der Waals surface area contributed by atoms with E-state index in [1.807, 2.05) is 6.92 Å².